The topological polar surface area (TPSA) is 18.5 Å². The fraction of sp³-hybridized carbons (Fsp3) is 1.00. The van der Waals surface area contributed by atoms with E-state index in [4.69, 9.17) is 0 Å². The summed E-state index contributed by atoms with van der Waals surface area (Å²) in [6.45, 7) is 1.43. The van der Waals surface area contributed by atoms with Crippen LogP contribution in [0.25, 0.3) is 0 Å². The molecule has 0 aromatic carbocycles. The number of hydrogen-bond donors (Lipinski definition) is 0. The van der Waals surface area contributed by atoms with Gasteiger partial charge in [0.2, 0.25) is 0 Å². The van der Waals surface area contributed by atoms with Crippen molar-refractivity contribution in [1.29, 1.82) is 0 Å². The van der Waals surface area contributed by atoms with E-state index in [-0.39, 0.29) is 0 Å². The van der Waals surface area contributed by atoms with Crippen LogP contribution in [0.2, 0.25) is 0 Å². The first-order valence-electron chi connectivity index (χ1n) is 5.26. The molecule has 1 heterocycles. The Hall–Kier alpha value is -0.780. The van der Waals surface area contributed by atoms with Crippen molar-refractivity contribution in [3.8, 4) is 0 Å². The third kappa shape index (κ3) is 2.56. The third-order valence-electron chi connectivity index (χ3n) is 2.66. The lowest BCUT2D eigenvalue weighted by atomic mass is 9.96. The van der Waals surface area contributed by atoms with Gasteiger partial charge in [0.1, 0.15) is 6.10 Å². The monoisotopic (exact) mass is 338 g/mol. The van der Waals surface area contributed by atoms with Crippen molar-refractivity contribution >= 4 is 0 Å². The van der Waals surface area contributed by atoms with E-state index in [2.05, 4.69) is 9.47 Å². The molecule has 1 aliphatic rings. The van der Waals surface area contributed by atoms with E-state index in [0.717, 1.165) is 0 Å². The molecule has 0 aromatic rings. The fourth-order valence-electron chi connectivity index (χ4n) is 1.65. The van der Waals surface area contributed by atoms with Gasteiger partial charge in [0.25, 0.3) is 0 Å². The minimum Gasteiger partial charge on any atom is -0.322 e. The fourth-order valence-corrected chi connectivity index (χ4v) is 1.65. The maximum absolute atomic E-state index is 13.7. The van der Waals surface area contributed by atoms with Gasteiger partial charge in [0.05, 0.1) is 0 Å². The second kappa shape index (κ2) is 4.61. The van der Waals surface area contributed by atoms with Crippen molar-refractivity contribution in [3.63, 3.8) is 0 Å². The predicted octanol–water partition coefficient (Wildman–Crippen LogP) is 4.11. The summed E-state index contributed by atoms with van der Waals surface area (Å²) in [5, 5.41) is 0. The van der Waals surface area contributed by atoms with E-state index < -0.39 is 42.2 Å². The van der Waals surface area contributed by atoms with Crippen LogP contribution in [-0.2, 0) is 9.47 Å². The molecule has 0 aromatic heterocycles. The Bertz CT molecular complexity index is 402. The third-order valence-corrected chi connectivity index (χ3v) is 2.66. The summed E-state index contributed by atoms with van der Waals surface area (Å²) in [7, 11) is 0. The van der Waals surface area contributed by atoms with Gasteiger partial charge in [-0.05, 0) is 5.92 Å². The summed E-state index contributed by atoms with van der Waals surface area (Å²) in [5.74, 6) is -13.0. The molecule has 0 bridgehead atoms. The summed E-state index contributed by atoms with van der Waals surface area (Å²) in [6.07, 6.45) is -22.1. The lowest BCUT2D eigenvalue weighted by Gasteiger charge is -2.48. The van der Waals surface area contributed by atoms with Crippen LogP contribution in [-0.4, -0.2) is 36.3 Å². The van der Waals surface area contributed by atoms with Gasteiger partial charge in [-0.25, -0.2) is 0 Å². The molecule has 1 aliphatic heterocycles. The predicted molar refractivity (Wildman–Crippen MR) is 45.5 cm³/mol. The molecule has 12 heteroatoms. The van der Waals surface area contributed by atoms with Crippen LogP contribution < -0.4 is 0 Å². The lowest BCUT2D eigenvalue weighted by molar-refractivity contribution is -0.565. The minimum atomic E-state index is -6.45. The Morgan fingerprint density at radius 2 is 1.29 bits per heavy atom. The first-order chi connectivity index (χ1) is 9.00. The van der Waals surface area contributed by atoms with Crippen LogP contribution in [0.15, 0.2) is 0 Å². The lowest BCUT2D eigenvalue weighted by Crippen LogP contribution is -2.73. The molecule has 0 saturated carbocycles. The summed E-state index contributed by atoms with van der Waals surface area (Å²) >= 11 is 0. The van der Waals surface area contributed by atoms with Crippen molar-refractivity contribution in [2.24, 2.45) is 5.92 Å². The van der Waals surface area contributed by atoms with Gasteiger partial charge in [-0.3, -0.25) is 4.74 Å². The Kier molecular flexibility index (Phi) is 4.01. The van der Waals surface area contributed by atoms with E-state index >= 15 is 0 Å². The molecule has 0 spiro atoms. The highest BCUT2D eigenvalue weighted by molar-refractivity contribution is 5.00. The van der Waals surface area contributed by atoms with Gasteiger partial charge in [0.15, 0.2) is 0 Å². The molecule has 0 radical (unpaired) electrons. The highest BCUT2D eigenvalue weighted by atomic mass is 19.4. The van der Waals surface area contributed by atoms with E-state index in [1.807, 2.05) is 0 Å². The SMILES string of the molecule is CC(C)C1OC(F)(C(F)(F)F)C(F)(F)OC1(F)C(F)(F)F. The van der Waals surface area contributed by atoms with Gasteiger partial charge >= 0.3 is 30.2 Å². The summed E-state index contributed by atoms with van der Waals surface area (Å²) in [4.78, 5) is 0. The Morgan fingerprint density at radius 1 is 0.857 bits per heavy atom. The zero-order chi connectivity index (χ0) is 17.1. The van der Waals surface area contributed by atoms with Crippen LogP contribution in [0.4, 0.5) is 43.9 Å². The van der Waals surface area contributed by atoms with E-state index in [0.29, 0.717) is 13.8 Å². The molecule has 1 fully saturated rings. The maximum atomic E-state index is 13.7. The van der Waals surface area contributed by atoms with Crippen molar-refractivity contribution in [3.05, 3.63) is 0 Å². The van der Waals surface area contributed by atoms with Gasteiger partial charge in [-0.1, -0.05) is 13.8 Å². The van der Waals surface area contributed by atoms with Gasteiger partial charge in [0, 0.05) is 0 Å². The largest absolute Gasteiger partial charge is 0.458 e. The molecule has 0 N–H and O–H groups in total. The first kappa shape index (κ1) is 18.3. The quantitative estimate of drug-likeness (QED) is 0.670. The number of rotatable bonds is 1. The van der Waals surface area contributed by atoms with Gasteiger partial charge in [-0.2, -0.15) is 43.9 Å². The van der Waals surface area contributed by atoms with Crippen molar-refractivity contribution in [2.45, 2.75) is 50.1 Å². The van der Waals surface area contributed by atoms with Crippen LogP contribution in [0.3, 0.4) is 0 Å². The molecule has 1 saturated heterocycles. The smallest absolute Gasteiger partial charge is 0.322 e. The maximum Gasteiger partial charge on any atom is 0.458 e. The first-order valence-corrected chi connectivity index (χ1v) is 5.26. The zero-order valence-corrected chi connectivity index (χ0v) is 10.3. The van der Waals surface area contributed by atoms with Crippen LogP contribution >= 0.6 is 0 Å². The number of ether oxygens (including phenoxy) is 2. The highest BCUT2D eigenvalue weighted by Gasteiger charge is 2.84. The van der Waals surface area contributed by atoms with Crippen molar-refractivity contribution in [1.82, 2.24) is 0 Å². The minimum absolute atomic E-state index is 0.717. The van der Waals surface area contributed by atoms with Crippen LogP contribution in [0, 0.1) is 5.92 Å². The van der Waals surface area contributed by atoms with Gasteiger partial charge in [-0.15, -0.1) is 0 Å². The summed E-state index contributed by atoms with van der Waals surface area (Å²) in [5.41, 5.74) is 0. The molecule has 126 valence electrons. The number of hydrogen-bond acceptors (Lipinski definition) is 2. The molecule has 3 unspecified atom stereocenters. The Morgan fingerprint density at radius 3 is 1.57 bits per heavy atom. The van der Waals surface area contributed by atoms with Crippen molar-refractivity contribution in [2.75, 3.05) is 0 Å². The van der Waals surface area contributed by atoms with Gasteiger partial charge < -0.3 is 4.74 Å². The van der Waals surface area contributed by atoms with Crippen LogP contribution in [0.1, 0.15) is 13.8 Å². The summed E-state index contributed by atoms with van der Waals surface area (Å²) < 4.78 is 134. The molecular formula is C9H8F10O2. The zero-order valence-electron chi connectivity index (χ0n) is 10.3. The molecule has 21 heavy (non-hydrogen) atoms. The average Bonchev–Trinajstić information content (AvgIpc) is 2.18. The molecule has 0 aliphatic carbocycles. The molecular weight excluding hydrogens is 330 g/mol. The average molecular weight is 338 g/mol. The molecule has 3 atom stereocenters. The number of alkyl halides is 10. The molecule has 2 nitrogen and oxygen atoms in total. The highest BCUT2D eigenvalue weighted by Crippen LogP contribution is 2.57. The standard InChI is InChI=1S/C9H8F10O2/c1-3(2)4-5(10,7(12,13)14)21-9(18,19)6(11,20-4)8(15,16)17/h3-4H,1-2H3. The second-order valence-electron chi connectivity index (χ2n) is 4.64. The van der Waals surface area contributed by atoms with E-state index in [1.54, 1.807) is 0 Å². The number of halogens is 10. The Labute approximate surface area is 111 Å². The normalized spacial score (nSPS) is 37.9. The Balaban J connectivity index is 3.43. The van der Waals surface area contributed by atoms with Crippen molar-refractivity contribution < 1.29 is 53.4 Å². The molecule has 1 rings (SSSR count). The van der Waals surface area contributed by atoms with E-state index in [1.165, 1.54) is 0 Å². The van der Waals surface area contributed by atoms with Crippen LogP contribution in [0.5, 0.6) is 0 Å². The summed E-state index contributed by atoms with van der Waals surface area (Å²) in [6, 6.07) is 0. The second-order valence-corrected chi connectivity index (χ2v) is 4.64. The molecule has 0 amide bonds. The van der Waals surface area contributed by atoms with E-state index in [9.17, 15) is 43.9 Å².